The maximum Gasteiger partial charge on any atom is 0.242 e. The van der Waals surface area contributed by atoms with E-state index in [0.29, 0.717) is 33.7 Å². The Morgan fingerprint density at radius 3 is 2.31 bits per heavy atom. The molecule has 11 heteroatoms. The number of sulfonamides is 1. The third-order valence-electron chi connectivity index (χ3n) is 5.67. The van der Waals surface area contributed by atoms with Crippen LogP contribution in [0, 0.1) is 6.92 Å². The van der Waals surface area contributed by atoms with Gasteiger partial charge in [-0.15, -0.1) is 0 Å². The minimum absolute atomic E-state index is 0.0445. The average molecular weight is 577 g/mol. The first-order chi connectivity index (χ1) is 16.9. The van der Waals surface area contributed by atoms with Crippen LogP contribution in [0.1, 0.15) is 44.2 Å². The molecule has 0 spiro atoms. The Balaban J connectivity index is 2.26. The van der Waals surface area contributed by atoms with Crippen LogP contribution in [0.3, 0.4) is 0 Å². The van der Waals surface area contributed by atoms with Gasteiger partial charge in [0.25, 0.3) is 0 Å². The van der Waals surface area contributed by atoms with E-state index in [1.165, 1.54) is 9.21 Å². The summed E-state index contributed by atoms with van der Waals surface area (Å²) in [6, 6.07) is 9.42. The number of benzene rings is 2. The standard InChI is InChI=1S/C25H32Cl3N3O4S/c1-5-22(25(33)29-6-2)30(16-18-10-12-20(27)21(28)14-18)24(32)8-7-13-31(36(4,34)35)23-15-19(26)11-9-17(23)3/h9-12,14-15,22H,5-8,13,16H2,1-4H3,(H,29,33)/t22-/m0/s1. The summed E-state index contributed by atoms with van der Waals surface area (Å²) in [6.07, 6.45) is 1.83. The van der Waals surface area contributed by atoms with Gasteiger partial charge in [0.2, 0.25) is 21.8 Å². The Hall–Kier alpha value is -2.00. The number of carbonyl (C=O) groups is 2. The molecular formula is C25H32Cl3N3O4S. The molecule has 2 amide bonds. The normalized spacial score (nSPS) is 12.2. The van der Waals surface area contributed by atoms with Crippen LogP contribution in [0.2, 0.25) is 15.1 Å². The van der Waals surface area contributed by atoms with Crippen molar-refractivity contribution in [1.29, 1.82) is 0 Å². The molecule has 36 heavy (non-hydrogen) atoms. The van der Waals surface area contributed by atoms with Gasteiger partial charge in [0.1, 0.15) is 6.04 Å². The van der Waals surface area contributed by atoms with E-state index in [-0.39, 0.29) is 37.7 Å². The lowest BCUT2D eigenvalue weighted by Crippen LogP contribution is -2.49. The Bertz CT molecular complexity index is 1190. The predicted octanol–water partition coefficient (Wildman–Crippen LogP) is 5.44. The zero-order valence-corrected chi connectivity index (χ0v) is 23.9. The van der Waals surface area contributed by atoms with Gasteiger partial charge in [0.05, 0.1) is 22.0 Å². The third-order valence-corrected chi connectivity index (χ3v) is 7.82. The van der Waals surface area contributed by atoms with E-state index < -0.39 is 16.1 Å². The van der Waals surface area contributed by atoms with Crippen LogP contribution < -0.4 is 9.62 Å². The number of nitrogens with one attached hydrogen (secondary N) is 1. The molecule has 1 N–H and O–H groups in total. The summed E-state index contributed by atoms with van der Waals surface area (Å²) in [4.78, 5) is 27.7. The average Bonchev–Trinajstić information content (AvgIpc) is 2.80. The molecule has 2 aromatic carbocycles. The number of nitrogens with zero attached hydrogens (tertiary/aromatic N) is 2. The fourth-order valence-corrected chi connectivity index (χ4v) is 5.38. The smallest absolute Gasteiger partial charge is 0.242 e. The summed E-state index contributed by atoms with van der Waals surface area (Å²) < 4.78 is 26.3. The van der Waals surface area contributed by atoms with Crippen LogP contribution >= 0.6 is 34.8 Å². The van der Waals surface area contributed by atoms with Crippen molar-refractivity contribution in [3.05, 3.63) is 62.6 Å². The first-order valence-corrected chi connectivity index (χ1v) is 14.6. The molecule has 0 saturated heterocycles. The van der Waals surface area contributed by atoms with Crippen molar-refractivity contribution in [2.45, 2.75) is 52.6 Å². The molecule has 7 nitrogen and oxygen atoms in total. The highest BCUT2D eigenvalue weighted by molar-refractivity contribution is 7.92. The Labute approximate surface area is 228 Å². The number of amides is 2. The van der Waals surface area contributed by atoms with Crippen LogP contribution in [-0.4, -0.2) is 50.5 Å². The molecule has 1 atom stereocenters. The lowest BCUT2D eigenvalue weighted by molar-refractivity contribution is -0.141. The van der Waals surface area contributed by atoms with Gasteiger partial charge in [-0.05, 0) is 62.1 Å². The zero-order chi connectivity index (χ0) is 27.0. The summed E-state index contributed by atoms with van der Waals surface area (Å²) in [5.74, 6) is -0.517. The van der Waals surface area contributed by atoms with E-state index >= 15 is 0 Å². The minimum Gasteiger partial charge on any atom is -0.355 e. The van der Waals surface area contributed by atoms with Crippen molar-refractivity contribution in [1.82, 2.24) is 10.2 Å². The molecule has 0 bridgehead atoms. The molecule has 0 radical (unpaired) electrons. The second-order valence-corrected chi connectivity index (χ2v) is 11.6. The highest BCUT2D eigenvalue weighted by atomic mass is 35.5. The molecule has 0 unspecified atom stereocenters. The molecule has 0 aliphatic carbocycles. The Morgan fingerprint density at radius 2 is 1.72 bits per heavy atom. The van der Waals surface area contributed by atoms with Crippen molar-refractivity contribution < 1.29 is 18.0 Å². The molecule has 0 aliphatic heterocycles. The van der Waals surface area contributed by atoms with Gasteiger partial charge in [-0.3, -0.25) is 13.9 Å². The van der Waals surface area contributed by atoms with Gasteiger partial charge in [0, 0.05) is 31.1 Å². The van der Waals surface area contributed by atoms with E-state index in [1.54, 1.807) is 43.3 Å². The highest BCUT2D eigenvalue weighted by Crippen LogP contribution is 2.27. The predicted molar refractivity (Wildman–Crippen MR) is 147 cm³/mol. The monoisotopic (exact) mass is 575 g/mol. The van der Waals surface area contributed by atoms with Crippen LogP contribution in [0.25, 0.3) is 0 Å². The molecule has 0 heterocycles. The number of likely N-dealkylation sites (N-methyl/N-ethyl adjacent to an activating group) is 1. The van der Waals surface area contributed by atoms with E-state index in [2.05, 4.69) is 5.32 Å². The second kappa shape index (κ2) is 13.5. The number of carbonyl (C=O) groups excluding carboxylic acids is 2. The van der Waals surface area contributed by atoms with Crippen LogP contribution in [-0.2, 0) is 26.2 Å². The number of halogens is 3. The van der Waals surface area contributed by atoms with Crippen LogP contribution in [0.4, 0.5) is 5.69 Å². The summed E-state index contributed by atoms with van der Waals surface area (Å²) in [5.41, 5.74) is 1.95. The summed E-state index contributed by atoms with van der Waals surface area (Å²) in [6.45, 7) is 6.13. The Kier molecular flexibility index (Phi) is 11.3. The number of hydrogen-bond donors (Lipinski definition) is 1. The van der Waals surface area contributed by atoms with E-state index in [0.717, 1.165) is 17.4 Å². The van der Waals surface area contributed by atoms with E-state index in [1.807, 2.05) is 13.8 Å². The maximum absolute atomic E-state index is 13.4. The van der Waals surface area contributed by atoms with Gasteiger partial charge < -0.3 is 10.2 Å². The molecular weight excluding hydrogens is 545 g/mol. The fraction of sp³-hybridized carbons (Fsp3) is 0.440. The lowest BCUT2D eigenvalue weighted by Gasteiger charge is -2.31. The Morgan fingerprint density at radius 1 is 1.03 bits per heavy atom. The molecule has 2 aromatic rings. The zero-order valence-electron chi connectivity index (χ0n) is 20.9. The van der Waals surface area contributed by atoms with Crippen molar-refractivity contribution >= 4 is 62.3 Å². The number of rotatable bonds is 12. The van der Waals surface area contributed by atoms with Gasteiger partial charge in [-0.1, -0.05) is 53.9 Å². The molecule has 0 aliphatic rings. The van der Waals surface area contributed by atoms with Crippen LogP contribution in [0.15, 0.2) is 36.4 Å². The quantitative estimate of drug-likeness (QED) is 0.364. The number of anilines is 1. The van der Waals surface area contributed by atoms with Crippen molar-refractivity contribution in [3.8, 4) is 0 Å². The number of hydrogen-bond acceptors (Lipinski definition) is 4. The first-order valence-electron chi connectivity index (χ1n) is 11.6. The molecule has 0 aromatic heterocycles. The topological polar surface area (TPSA) is 86.8 Å². The van der Waals surface area contributed by atoms with Crippen molar-refractivity contribution in [3.63, 3.8) is 0 Å². The largest absolute Gasteiger partial charge is 0.355 e. The maximum atomic E-state index is 13.4. The highest BCUT2D eigenvalue weighted by Gasteiger charge is 2.29. The number of aryl methyl sites for hydroxylation is 1. The fourth-order valence-electron chi connectivity index (χ4n) is 3.88. The van der Waals surface area contributed by atoms with Gasteiger partial charge in [-0.25, -0.2) is 8.42 Å². The lowest BCUT2D eigenvalue weighted by atomic mass is 10.1. The third kappa shape index (κ3) is 8.26. The summed E-state index contributed by atoms with van der Waals surface area (Å²) in [5, 5.41) is 3.95. The second-order valence-electron chi connectivity index (χ2n) is 8.46. The van der Waals surface area contributed by atoms with E-state index in [9.17, 15) is 18.0 Å². The molecule has 0 fully saturated rings. The first kappa shape index (κ1) is 30.2. The van der Waals surface area contributed by atoms with Gasteiger partial charge in [0.15, 0.2) is 0 Å². The molecule has 0 saturated carbocycles. The molecule has 2 rings (SSSR count). The minimum atomic E-state index is -3.62. The molecule has 198 valence electrons. The summed E-state index contributed by atoms with van der Waals surface area (Å²) >= 11 is 18.3. The SMILES string of the molecule is CCNC(=O)[C@H](CC)N(Cc1ccc(Cl)c(Cl)c1)C(=O)CCCN(c1cc(Cl)ccc1C)S(C)(=O)=O. The van der Waals surface area contributed by atoms with Crippen molar-refractivity contribution in [2.75, 3.05) is 23.7 Å². The van der Waals surface area contributed by atoms with Crippen molar-refractivity contribution in [2.24, 2.45) is 0 Å². The van der Waals surface area contributed by atoms with Gasteiger partial charge in [-0.2, -0.15) is 0 Å². The van der Waals surface area contributed by atoms with Gasteiger partial charge >= 0.3 is 0 Å². The van der Waals surface area contributed by atoms with Crippen LogP contribution in [0.5, 0.6) is 0 Å². The van der Waals surface area contributed by atoms with E-state index in [4.69, 9.17) is 34.8 Å². The summed E-state index contributed by atoms with van der Waals surface area (Å²) in [7, 11) is -3.62.